The predicted octanol–water partition coefficient (Wildman–Crippen LogP) is 1.85. The lowest BCUT2D eigenvalue weighted by Gasteiger charge is -2.27. The van der Waals surface area contributed by atoms with Crippen LogP contribution in [-0.2, 0) is 9.59 Å². The Morgan fingerprint density at radius 2 is 1.17 bits per heavy atom. The summed E-state index contributed by atoms with van der Waals surface area (Å²) in [5, 5.41) is 5.88. The van der Waals surface area contributed by atoms with E-state index in [1.165, 1.54) is 0 Å². The zero-order chi connectivity index (χ0) is 13.4. The van der Waals surface area contributed by atoms with Crippen LogP contribution in [0, 0.1) is 11.8 Å². The molecule has 0 spiro atoms. The van der Waals surface area contributed by atoms with Crippen LogP contribution in [0.25, 0.3) is 0 Å². The second-order valence-electron chi connectivity index (χ2n) is 5.13. The molecule has 0 aliphatic heterocycles. The minimum atomic E-state index is 0.117. The molecule has 1 aliphatic rings. The van der Waals surface area contributed by atoms with Gasteiger partial charge < -0.3 is 10.6 Å². The Morgan fingerprint density at radius 3 is 1.44 bits per heavy atom. The highest BCUT2D eigenvalue weighted by Crippen LogP contribution is 2.29. The first-order valence-corrected chi connectivity index (χ1v) is 7.24. The van der Waals surface area contributed by atoms with Crippen molar-refractivity contribution in [1.29, 1.82) is 0 Å². The van der Waals surface area contributed by atoms with Gasteiger partial charge in [0.15, 0.2) is 0 Å². The van der Waals surface area contributed by atoms with Crippen LogP contribution in [0.3, 0.4) is 0 Å². The van der Waals surface area contributed by atoms with Crippen molar-refractivity contribution in [2.75, 3.05) is 13.1 Å². The van der Waals surface area contributed by atoms with Gasteiger partial charge >= 0.3 is 0 Å². The zero-order valence-electron chi connectivity index (χ0n) is 11.6. The Labute approximate surface area is 110 Å². The van der Waals surface area contributed by atoms with Crippen LogP contribution in [0.1, 0.15) is 52.4 Å². The molecule has 0 aromatic rings. The molecule has 4 heteroatoms. The van der Waals surface area contributed by atoms with Gasteiger partial charge in [-0.1, -0.05) is 13.8 Å². The first kappa shape index (κ1) is 15.0. The molecule has 0 aromatic heterocycles. The lowest BCUT2D eigenvalue weighted by Crippen LogP contribution is -2.37. The van der Waals surface area contributed by atoms with Gasteiger partial charge in [0, 0.05) is 24.9 Å². The van der Waals surface area contributed by atoms with E-state index < -0.39 is 0 Å². The molecule has 1 rings (SSSR count). The molecule has 1 aliphatic carbocycles. The Morgan fingerprint density at radius 1 is 0.833 bits per heavy atom. The van der Waals surface area contributed by atoms with E-state index >= 15 is 0 Å². The third kappa shape index (κ3) is 4.67. The van der Waals surface area contributed by atoms with Gasteiger partial charge in [-0.3, -0.25) is 9.59 Å². The van der Waals surface area contributed by atoms with Crippen molar-refractivity contribution >= 4 is 11.8 Å². The molecule has 18 heavy (non-hydrogen) atoms. The molecule has 104 valence electrons. The number of carbonyl (C=O) groups is 2. The SMILES string of the molecule is CCCNC(=O)C1CCC(C(=O)NCCC)CC1. The Kier molecular flexibility index (Phi) is 6.76. The molecule has 0 bridgehead atoms. The number of nitrogens with one attached hydrogen (secondary N) is 2. The fourth-order valence-corrected chi connectivity index (χ4v) is 2.40. The summed E-state index contributed by atoms with van der Waals surface area (Å²) in [4.78, 5) is 23.6. The summed E-state index contributed by atoms with van der Waals surface area (Å²) < 4.78 is 0. The van der Waals surface area contributed by atoms with E-state index in [9.17, 15) is 9.59 Å². The van der Waals surface area contributed by atoms with Crippen LogP contribution in [0.5, 0.6) is 0 Å². The molecule has 2 amide bonds. The first-order valence-electron chi connectivity index (χ1n) is 7.24. The fraction of sp³-hybridized carbons (Fsp3) is 0.857. The maximum Gasteiger partial charge on any atom is 0.223 e. The minimum absolute atomic E-state index is 0.117. The highest BCUT2D eigenvalue weighted by molar-refractivity contribution is 5.81. The smallest absolute Gasteiger partial charge is 0.223 e. The molecule has 1 fully saturated rings. The van der Waals surface area contributed by atoms with Crippen molar-refractivity contribution in [1.82, 2.24) is 10.6 Å². The Hall–Kier alpha value is -1.06. The van der Waals surface area contributed by atoms with Crippen molar-refractivity contribution in [3.8, 4) is 0 Å². The normalized spacial score (nSPS) is 23.4. The maximum absolute atomic E-state index is 11.8. The van der Waals surface area contributed by atoms with Crippen LogP contribution in [-0.4, -0.2) is 24.9 Å². The summed E-state index contributed by atoms with van der Waals surface area (Å²) in [7, 11) is 0. The summed E-state index contributed by atoms with van der Waals surface area (Å²) in [5.41, 5.74) is 0. The van der Waals surface area contributed by atoms with Gasteiger partial charge in [-0.25, -0.2) is 0 Å². The van der Waals surface area contributed by atoms with Gasteiger partial charge in [-0.2, -0.15) is 0 Å². The molecule has 0 aromatic carbocycles. The Balaban J connectivity index is 2.27. The Bertz CT molecular complexity index is 243. The van der Waals surface area contributed by atoms with Gasteiger partial charge in [0.25, 0.3) is 0 Å². The second kappa shape index (κ2) is 8.11. The van der Waals surface area contributed by atoms with E-state index in [0.29, 0.717) is 0 Å². The van der Waals surface area contributed by atoms with E-state index in [-0.39, 0.29) is 23.7 Å². The third-order valence-electron chi connectivity index (χ3n) is 3.57. The third-order valence-corrected chi connectivity index (χ3v) is 3.57. The van der Waals surface area contributed by atoms with Crippen molar-refractivity contribution < 1.29 is 9.59 Å². The van der Waals surface area contributed by atoms with E-state index in [4.69, 9.17) is 0 Å². The minimum Gasteiger partial charge on any atom is -0.356 e. The average molecular weight is 254 g/mol. The van der Waals surface area contributed by atoms with Crippen molar-refractivity contribution in [3.63, 3.8) is 0 Å². The molecular formula is C14H26N2O2. The molecule has 0 saturated heterocycles. The molecule has 0 unspecified atom stereocenters. The van der Waals surface area contributed by atoms with Crippen LogP contribution in [0.4, 0.5) is 0 Å². The summed E-state index contributed by atoms with van der Waals surface area (Å²) in [6.07, 6.45) is 5.33. The molecule has 2 N–H and O–H groups in total. The summed E-state index contributed by atoms with van der Waals surface area (Å²) in [5.74, 6) is 0.576. The standard InChI is InChI=1S/C14H26N2O2/c1-3-9-15-13(17)11-5-7-12(8-6-11)14(18)16-10-4-2/h11-12H,3-10H2,1-2H3,(H,15,17)(H,16,18). The highest BCUT2D eigenvalue weighted by atomic mass is 16.2. The van der Waals surface area contributed by atoms with Crippen molar-refractivity contribution in [2.45, 2.75) is 52.4 Å². The number of carbonyl (C=O) groups excluding carboxylic acids is 2. The summed E-state index contributed by atoms with van der Waals surface area (Å²) in [6, 6.07) is 0. The second-order valence-corrected chi connectivity index (χ2v) is 5.13. The predicted molar refractivity (Wildman–Crippen MR) is 72.0 cm³/mol. The molecule has 0 heterocycles. The highest BCUT2D eigenvalue weighted by Gasteiger charge is 2.29. The van der Waals surface area contributed by atoms with Gasteiger partial charge in [-0.05, 0) is 38.5 Å². The molecule has 1 saturated carbocycles. The van der Waals surface area contributed by atoms with Gasteiger partial charge in [0.1, 0.15) is 0 Å². The van der Waals surface area contributed by atoms with E-state index in [1.807, 2.05) is 0 Å². The number of hydrogen-bond acceptors (Lipinski definition) is 2. The van der Waals surface area contributed by atoms with Gasteiger partial charge in [-0.15, -0.1) is 0 Å². The largest absolute Gasteiger partial charge is 0.356 e. The van der Waals surface area contributed by atoms with Gasteiger partial charge in [0.05, 0.1) is 0 Å². The summed E-state index contributed by atoms with van der Waals surface area (Å²) in [6.45, 7) is 5.62. The monoisotopic (exact) mass is 254 g/mol. The zero-order valence-corrected chi connectivity index (χ0v) is 11.6. The topological polar surface area (TPSA) is 58.2 Å². The molecular weight excluding hydrogens is 228 g/mol. The van der Waals surface area contributed by atoms with Crippen LogP contribution in [0.15, 0.2) is 0 Å². The average Bonchev–Trinajstić information content (AvgIpc) is 2.42. The van der Waals surface area contributed by atoms with Crippen LogP contribution in [0.2, 0.25) is 0 Å². The molecule has 0 radical (unpaired) electrons. The lowest BCUT2D eigenvalue weighted by atomic mass is 9.81. The molecule has 0 atom stereocenters. The van der Waals surface area contributed by atoms with Gasteiger partial charge in [0.2, 0.25) is 11.8 Å². The van der Waals surface area contributed by atoms with E-state index in [2.05, 4.69) is 24.5 Å². The van der Waals surface area contributed by atoms with Crippen molar-refractivity contribution in [2.24, 2.45) is 11.8 Å². The maximum atomic E-state index is 11.8. The molecule has 4 nitrogen and oxygen atoms in total. The van der Waals surface area contributed by atoms with E-state index in [0.717, 1.165) is 51.6 Å². The first-order chi connectivity index (χ1) is 8.69. The van der Waals surface area contributed by atoms with Crippen LogP contribution >= 0.6 is 0 Å². The number of amides is 2. The number of rotatable bonds is 6. The lowest BCUT2D eigenvalue weighted by molar-refractivity contribution is -0.130. The number of hydrogen-bond donors (Lipinski definition) is 2. The van der Waals surface area contributed by atoms with Crippen LogP contribution < -0.4 is 10.6 Å². The summed E-state index contributed by atoms with van der Waals surface area (Å²) >= 11 is 0. The fourth-order valence-electron chi connectivity index (χ4n) is 2.40. The quantitative estimate of drug-likeness (QED) is 0.760. The van der Waals surface area contributed by atoms with Crippen molar-refractivity contribution in [3.05, 3.63) is 0 Å². The van der Waals surface area contributed by atoms with E-state index in [1.54, 1.807) is 0 Å².